The number of fused-ring (bicyclic) bond motifs is 1. The van der Waals surface area contributed by atoms with Crippen molar-refractivity contribution in [2.24, 2.45) is 4.99 Å². The first-order chi connectivity index (χ1) is 10.8. The molecule has 22 heavy (non-hydrogen) atoms. The second kappa shape index (κ2) is 5.80. The molecule has 7 nitrogen and oxygen atoms in total. The summed E-state index contributed by atoms with van der Waals surface area (Å²) in [4.78, 5) is 32.2. The van der Waals surface area contributed by atoms with Crippen LogP contribution < -0.4 is 15.1 Å². The van der Waals surface area contributed by atoms with E-state index in [0.29, 0.717) is 42.2 Å². The highest BCUT2D eigenvalue weighted by Gasteiger charge is 2.21. The van der Waals surface area contributed by atoms with Crippen molar-refractivity contribution >= 4 is 24.2 Å². The molecule has 7 heteroatoms. The van der Waals surface area contributed by atoms with Crippen LogP contribution in [-0.2, 0) is 4.79 Å². The van der Waals surface area contributed by atoms with Gasteiger partial charge in [-0.25, -0.2) is 4.98 Å². The first kappa shape index (κ1) is 14.0. The van der Waals surface area contributed by atoms with Crippen LogP contribution in [-0.4, -0.2) is 42.4 Å². The number of rotatable bonds is 3. The minimum atomic E-state index is 0.469. The fourth-order valence-corrected chi connectivity index (χ4v) is 2.36. The van der Waals surface area contributed by atoms with E-state index >= 15 is 0 Å². The van der Waals surface area contributed by atoms with Crippen LogP contribution in [0.4, 0.5) is 11.5 Å². The quantitative estimate of drug-likeness (QED) is 0.783. The second-order valence-corrected chi connectivity index (χ2v) is 4.69. The van der Waals surface area contributed by atoms with Gasteiger partial charge in [0.1, 0.15) is 12.1 Å². The first-order valence-electron chi connectivity index (χ1n) is 6.72. The van der Waals surface area contributed by atoms with Crippen LogP contribution in [0.1, 0.15) is 10.4 Å². The Labute approximate surface area is 126 Å². The van der Waals surface area contributed by atoms with Gasteiger partial charge in [0, 0.05) is 36.8 Å². The minimum absolute atomic E-state index is 0.469. The molecule has 0 unspecified atom stereocenters. The molecule has 3 heterocycles. The second-order valence-electron chi connectivity index (χ2n) is 4.69. The van der Waals surface area contributed by atoms with E-state index < -0.39 is 0 Å². The van der Waals surface area contributed by atoms with Crippen molar-refractivity contribution in [3.8, 4) is 5.75 Å². The van der Waals surface area contributed by atoms with Crippen molar-refractivity contribution in [3.63, 3.8) is 0 Å². The molecular formula is C15H14N4O3. The summed E-state index contributed by atoms with van der Waals surface area (Å²) >= 11 is 0. The Kier molecular flexibility index (Phi) is 3.69. The first-order valence-corrected chi connectivity index (χ1v) is 6.72. The minimum Gasteiger partial charge on any atom is -0.488 e. The molecular weight excluding hydrogens is 284 g/mol. The zero-order chi connectivity index (χ0) is 15.5. The zero-order valence-electron chi connectivity index (χ0n) is 12.0. The molecule has 0 fully saturated rings. The van der Waals surface area contributed by atoms with Gasteiger partial charge in [0.2, 0.25) is 6.41 Å². The molecule has 0 bridgehead atoms. The van der Waals surface area contributed by atoms with Crippen LogP contribution in [0, 0.1) is 0 Å². The van der Waals surface area contributed by atoms with Gasteiger partial charge >= 0.3 is 0 Å². The molecule has 0 saturated heterocycles. The highest BCUT2D eigenvalue weighted by atomic mass is 16.5. The zero-order valence-corrected chi connectivity index (χ0v) is 12.0. The summed E-state index contributed by atoms with van der Waals surface area (Å²) in [5, 5.41) is 0. The highest BCUT2D eigenvalue weighted by Crippen LogP contribution is 2.34. The summed E-state index contributed by atoms with van der Waals surface area (Å²) in [5.41, 5.74) is 1.87. The van der Waals surface area contributed by atoms with Crippen molar-refractivity contribution in [2.75, 3.05) is 25.1 Å². The number of nitrogens with zero attached hydrogens (tertiary/aromatic N) is 4. The molecule has 0 atom stereocenters. The molecule has 0 amide bonds. The summed E-state index contributed by atoms with van der Waals surface area (Å²) in [6.45, 7) is 1.10. The molecule has 3 rings (SSSR count). The van der Waals surface area contributed by atoms with E-state index in [9.17, 15) is 9.59 Å². The van der Waals surface area contributed by atoms with Crippen molar-refractivity contribution in [1.82, 2.24) is 9.55 Å². The molecule has 1 aliphatic heterocycles. The van der Waals surface area contributed by atoms with Gasteiger partial charge in [0.05, 0.1) is 6.54 Å². The van der Waals surface area contributed by atoms with Crippen molar-refractivity contribution in [1.29, 1.82) is 0 Å². The van der Waals surface area contributed by atoms with Crippen LogP contribution in [0.3, 0.4) is 0 Å². The molecule has 0 saturated carbocycles. The van der Waals surface area contributed by atoms with E-state index in [4.69, 9.17) is 4.74 Å². The Morgan fingerprint density at radius 3 is 2.95 bits per heavy atom. The van der Waals surface area contributed by atoms with Crippen LogP contribution in [0.5, 0.6) is 5.75 Å². The number of ether oxygens (including phenoxy) is 1. The number of pyridine rings is 2. The molecule has 0 aliphatic carbocycles. The average molecular weight is 298 g/mol. The van der Waals surface area contributed by atoms with E-state index in [1.54, 1.807) is 25.4 Å². The number of hydrogen-bond acceptors (Lipinski definition) is 6. The van der Waals surface area contributed by atoms with Crippen LogP contribution in [0.15, 0.2) is 35.6 Å². The number of hydrogen-bond donors (Lipinski definition) is 0. The van der Waals surface area contributed by atoms with Gasteiger partial charge < -0.3 is 9.64 Å². The van der Waals surface area contributed by atoms with Gasteiger partial charge in [0.15, 0.2) is 17.9 Å². The maximum atomic E-state index is 11.0. The number of aromatic nitrogens is 2. The number of anilines is 2. The van der Waals surface area contributed by atoms with Gasteiger partial charge in [-0.05, 0) is 12.1 Å². The summed E-state index contributed by atoms with van der Waals surface area (Å²) in [7, 11) is 1.63. The van der Waals surface area contributed by atoms with Gasteiger partial charge in [-0.2, -0.15) is 0 Å². The lowest BCUT2D eigenvalue weighted by molar-refractivity contribution is 0.112. The third-order valence-electron chi connectivity index (χ3n) is 3.42. The number of aldehydes is 1. The Bertz CT molecular complexity index is 798. The van der Waals surface area contributed by atoms with Gasteiger partial charge in [-0.3, -0.25) is 19.1 Å². The average Bonchev–Trinajstić information content (AvgIpc) is 2.60. The Morgan fingerprint density at radius 2 is 2.23 bits per heavy atom. The summed E-state index contributed by atoms with van der Waals surface area (Å²) in [6.07, 6.45) is 4.60. The van der Waals surface area contributed by atoms with Gasteiger partial charge in [-0.1, -0.05) is 0 Å². The predicted octanol–water partition coefficient (Wildman–Crippen LogP) is 0.795. The van der Waals surface area contributed by atoms with Crippen molar-refractivity contribution in [2.45, 2.75) is 0 Å². The molecule has 0 radical (unpaired) electrons. The van der Waals surface area contributed by atoms with E-state index in [-0.39, 0.29) is 0 Å². The highest BCUT2D eigenvalue weighted by molar-refractivity contribution is 5.78. The number of carbonyl (C=O) groups excluding carboxylic acids is 2. The SMILES string of the molecule is CN=c1cc(N2CCOc3cc(C=O)cnc32)ccn1C=O. The molecule has 2 aromatic rings. The Hall–Kier alpha value is -2.96. The van der Waals surface area contributed by atoms with E-state index in [1.807, 2.05) is 11.0 Å². The maximum absolute atomic E-state index is 11.0. The summed E-state index contributed by atoms with van der Waals surface area (Å²) in [6, 6.07) is 5.29. The molecule has 2 aromatic heterocycles. The van der Waals surface area contributed by atoms with Crippen LogP contribution >= 0.6 is 0 Å². The molecule has 112 valence electrons. The third kappa shape index (κ3) is 2.37. The predicted molar refractivity (Wildman–Crippen MR) is 80.2 cm³/mol. The number of carbonyl (C=O) groups is 2. The molecule has 0 aromatic carbocycles. The van der Waals surface area contributed by atoms with E-state index in [1.165, 1.54) is 10.8 Å². The van der Waals surface area contributed by atoms with Crippen molar-refractivity contribution in [3.05, 3.63) is 41.6 Å². The lowest BCUT2D eigenvalue weighted by Crippen LogP contribution is -2.31. The van der Waals surface area contributed by atoms with Crippen molar-refractivity contribution < 1.29 is 14.3 Å². The lowest BCUT2D eigenvalue weighted by atomic mass is 10.2. The van der Waals surface area contributed by atoms with Crippen LogP contribution in [0.2, 0.25) is 0 Å². The molecule has 1 aliphatic rings. The molecule has 0 spiro atoms. The summed E-state index contributed by atoms with van der Waals surface area (Å²) < 4.78 is 6.97. The smallest absolute Gasteiger partial charge is 0.219 e. The topological polar surface area (TPSA) is 76.8 Å². The standard InChI is InChI=1S/C15H14N4O3/c1-16-14-7-12(2-3-18(14)10-21)19-4-5-22-13-6-11(9-20)8-17-15(13)19/h2-3,6-10H,4-5H2,1H3. The van der Waals surface area contributed by atoms with E-state index in [2.05, 4.69) is 9.98 Å². The third-order valence-corrected chi connectivity index (χ3v) is 3.42. The Balaban J connectivity index is 2.08. The molecule has 0 N–H and O–H groups in total. The Morgan fingerprint density at radius 1 is 1.36 bits per heavy atom. The monoisotopic (exact) mass is 298 g/mol. The largest absolute Gasteiger partial charge is 0.488 e. The fourth-order valence-electron chi connectivity index (χ4n) is 2.36. The normalized spacial score (nSPS) is 14.2. The summed E-state index contributed by atoms with van der Waals surface area (Å²) in [5.74, 6) is 1.21. The fraction of sp³-hybridized carbons (Fsp3) is 0.200. The van der Waals surface area contributed by atoms with Gasteiger partial charge in [0.25, 0.3) is 0 Å². The maximum Gasteiger partial charge on any atom is 0.219 e. The van der Waals surface area contributed by atoms with Crippen LogP contribution in [0.25, 0.3) is 0 Å². The lowest BCUT2D eigenvalue weighted by Gasteiger charge is -2.30. The van der Waals surface area contributed by atoms with E-state index in [0.717, 1.165) is 12.0 Å². The van der Waals surface area contributed by atoms with Gasteiger partial charge in [-0.15, -0.1) is 0 Å².